The van der Waals surface area contributed by atoms with Gasteiger partial charge in [0, 0.05) is 25.8 Å². The van der Waals surface area contributed by atoms with Crippen molar-refractivity contribution in [1.29, 1.82) is 0 Å². The van der Waals surface area contributed by atoms with E-state index in [2.05, 4.69) is 15.2 Å². The van der Waals surface area contributed by atoms with Crippen LogP contribution in [0, 0.1) is 0 Å². The van der Waals surface area contributed by atoms with Crippen LogP contribution >= 0.6 is 0 Å². The maximum atomic E-state index is 11.7. The highest BCUT2D eigenvalue weighted by Crippen LogP contribution is 2.18. The van der Waals surface area contributed by atoms with Crippen molar-refractivity contribution >= 4 is 11.7 Å². The van der Waals surface area contributed by atoms with Crippen LogP contribution in [0.3, 0.4) is 0 Å². The highest BCUT2D eigenvalue weighted by Gasteiger charge is 2.21. The highest BCUT2D eigenvalue weighted by atomic mass is 16.2. The molecule has 1 amide bonds. The SMILES string of the molecule is CC(C)(N)C(=O)NCc1ccnc(N2CCCC2)c1. The second kappa shape index (κ2) is 5.57. The van der Waals surface area contributed by atoms with Gasteiger partial charge in [0.15, 0.2) is 0 Å². The number of aromatic nitrogens is 1. The Balaban J connectivity index is 1.97. The van der Waals surface area contributed by atoms with E-state index < -0.39 is 5.54 Å². The van der Waals surface area contributed by atoms with Gasteiger partial charge in [0.2, 0.25) is 5.91 Å². The predicted octanol–water partition coefficient (Wildman–Crippen LogP) is 1.04. The Kier molecular flexibility index (Phi) is 4.04. The lowest BCUT2D eigenvalue weighted by Gasteiger charge is -2.19. The fourth-order valence-corrected chi connectivity index (χ4v) is 2.10. The summed E-state index contributed by atoms with van der Waals surface area (Å²) < 4.78 is 0. The molecule has 1 aliphatic rings. The Morgan fingerprint density at radius 3 is 2.79 bits per heavy atom. The molecule has 1 aliphatic heterocycles. The summed E-state index contributed by atoms with van der Waals surface area (Å²) in [7, 11) is 0. The molecule has 1 aromatic heterocycles. The second-order valence-electron chi connectivity index (χ2n) is 5.62. The number of rotatable bonds is 4. The van der Waals surface area contributed by atoms with Gasteiger partial charge in [-0.15, -0.1) is 0 Å². The number of hydrogen-bond donors (Lipinski definition) is 2. The van der Waals surface area contributed by atoms with Gasteiger partial charge in [-0.1, -0.05) is 0 Å². The highest BCUT2D eigenvalue weighted by molar-refractivity contribution is 5.84. The third-order valence-electron chi connectivity index (χ3n) is 3.28. The van der Waals surface area contributed by atoms with Gasteiger partial charge in [-0.25, -0.2) is 4.98 Å². The topological polar surface area (TPSA) is 71.2 Å². The first-order chi connectivity index (χ1) is 8.97. The van der Waals surface area contributed by atoms with Crippen molar-refractivity contribution in [2.75, 3.05) is 18.0 Å². The summed E-state index contributed by atoms with van der Waals surface area (Å²) in [6.07, 6.45) is 4.25. The van der Waals surface area contributed by atoms with Gasteiger partial charge in [0.05, 0.1) is 5.54 Å². The van der Waals surface area contributed by atoms with Crippen LogP contribution in [0.1, 0.15) is 32.3 Å². The van der Waals surface area contributed by atoms with E-state index in [9.17, 15) is 4.79 Å². The van der Waals surface area contributed by atoms with E-state index in [1.54, 1.807) is 20.0 Å². The van der Waals surface area contributed by atoms with Gasteiger partial charge in [0.1, 0.15) is 5.82 Å². The summed E-state index contributed by atoms with van der Waals surface area (Å²) in [5.74, 6) is 0.850. The van der Waals surface area contributed by atoms with Crippen molar-refractivity contribution < 1.29 is 4.79 Å². The molecule has 0 radical (unpaired) electrons. The first kappa shape index (κ1) is 13.8. The Morgan fingerprint density at radius 2 is 2.16 bits per heavy atom. The summed E-state index contributed by atoms with van der Waals surface area (Å²) in [5, 5.41) is 2.85. The largest absolute Gasteiger partial charge is 0.357 e. The van der Waals surface area contributed by atoms with Crippen LogP contribution in [0.25, 0.3) is 0 Å². The smallest absolute Gasteiger partial charge is 0.239 e. The molecule has 1 fully saturated rings. The molecule has 2 rings (SSSR count). The van der Waals surface area contributed by atoms with Crippen molar-refractivity contribution in [1.82, 2.24) is 10.3 Å². The first-order valence-corrected chi connectivity index (χ1v) is 6.74. The summed E-state index contributed by atoms with van der Waals surface area (Å²) in [5.41, 5.74) is 5.95. The van der Waals surface area contributed by atoms with Crippen molar-refractivity contribution in [3.63, 3.8) is 0 Å². The standard InChI is InChI=1S/C14H22N4O/c1-14(2,15)13(19)17-10-11-5-6-16-12(9-11)18-7-3-4-8-18/h5-6,9H,3-4,7-8,10,15H2,1-2H3,(H,17,19). The number of nitrogens with two attached hydrogens (primary N) is 1. The van der Waals surface area contributed by atoms with Crippen LogP contribution in [0.5, 0.6) is 0 Å². The molecule has 0 spiro atoms. The van der Waals surface area contributed by atoms with E-state index in [0.29, 0.717) is 6.54 Å². The van der Waals surface area contributed by atoms with Crippen molar-refractivity contribution in [3.8, 4) is 0 Å². The van der Waals surface area contributed by atoms with Crippen molar-refractivity contribution in [3.05, 3.63) is 23.9 Å². The van der Waals surface area contributed by atoms with E-state index >= 15 is 0 Å². The number of hydrogen-bond acceptors (Lipinski definition) is 4. The molecule has 1 saturated heterocycles. The lowest BCUT2D eigenvalue weighted by molar-refractivity contribution is -0.125. The minimum Gasteiger partial charge on any atom is -0.357 e. The number of anilines is 1. The summed E-state index contributed by atoms with van der Waals surface area (Å²) in [6, 6.07) is 3.96. The van der Waals surface area contributed by atoms with E-state index in [-0.39, 0.29) is 5.91 Å². The minimum absolute atomic E-state index is 0.146. The quantitative estimate of drug-likeness (QED) is 0.850. The maximum Gasteiger partial charge on any atom is 0.239 e. The first-order valence-electron chi connectivity index (χ1n) is 6.74. The lowest BCUT2D eigenvalue weighted by atomic mass is 10.1. The van der Waals surface area contributed by atoms with Crippen LogP contribution < -0.4 is 16.0 Å². The number of carbonyl (C=O) groups excluding carboxylic acids is 1. The normalized spacial score (nSPS) is 15.6. The predicted molar refractivity (Wildman–Crippen MR) is 75.8 cm³/mol. The molecule has 5 heteroatoms. The van der Waals surface area contributed by atoms with Gasteiger partial charge >= 0.3 is 0 Å². The number of carbonyl (C=O) groups is 1. The monoisotopic (exact) mass is 262 g/mol. The Morgan fingerprint density at radius 1 is 1.47 bits per heavy atom. The van der Waals surface area contributed by atoms with Gasteiger partial charge < -0.3 is 16.0 Å². The third-order valence-corrected chi connectivity index (χ3v) is 3.28. The molecule has 19 heavy (non-hydrogen) atoms. The molecule has 0 atom stereocenters. The van der Waals surface area contributed by atoms with Gasteiger partial charge in [-0.05, 0) is 44.4 Å². The van der Waals surface area contributed by atoms with Crippen molar-refractivity contribution in [2.24, 2.45) is 5.73 Å². The van der Waals surface area contributed by atoms with Crippen LogP contribution in [-0.2, 0) is 11.3 Å². The van der Waals surface area contributed by atoms with E-state index in [1.807, 2.05) is 12.1 Å². The molecule has 0 aromatic carbocycles. The van der Waals surface area contributed by atoms with Crippen LogP contribution in [0.4, 0.5) is 5.82 Å². The average molecular weight is 262 g/mol. The minimum atomic E-state index is -0.842. The number of pyridine rings is 1. The fourth-order valence-electron chi connectivity index (χ4n) is 2.10. The molecule has 0 unspecified atom stereocenters. The molecular formula is C14H22N4O. The molecule has 2 heterocycles. The molecule has 5 nitrogen and oxygen atoms in total. The summed E-state index contributed by atoms with van der Waals surface area (Å²) in [6.45, 7) is 6.02. The van der Waals surface area contributed by atoms with E-state index in [4.69, 9.17) is 5.73 Å². The molecule has 3 N–H and O–H groups in total. The molecule has 104 valence electrons. The molecule has 0 bridgehead atoms. The fraction of sp³-hybridized carbons (Fsp3) is 0.571. The maximum absolute atomic E-state index is 11.7. The summed E-state index contributed by atoms with van der Waals surface area (Å²) >= 11 is 0. The van der Waals surface area contributed by atoms with Gasteiger partial charge in [-0.2, -0.15) is 0 Å². The zero-order valence-electron chi connectivity index (χ0n) is 11.6. The van der Waals surface area contributed by atoms with Crippen LogP contribution in [0.15, 0.2) is 18.3 Å². The molecule has 0 saturated carbocycles. The Bertz CT molecular complexity index is 447. The number of amides is 1. The summed E-state index contributed by atoms with van der Waals surface area (Å²) in [4.78, 5) is 18.4. The number of nitrogens with one attached hydrogen (secondary N) is 1. The average Bonchev–Trinajstić information content (AvgIpc) is 2.89. The second-order valence-corrected chi connectivity index (χ2v) is 5.62. The Labute approximate surface area is 114 Å². The zero-order chi connectivity index (χ0) is 13.9. The van der Waals surface area contributed by atoms with Crippen LogP contribution in [0.2, 0.25) is 0 Å². The Hall–Kier alpha value is -1.62. The van der Waals surface area contributed by atoms with Crippen LogP contribution in [-0.4, -0.2) is 29.5 Å². The molecular weight excluding hydrogens is 240 g/mol. The van der Waals surface area contributed by atoms with E-state index in [0.717, 1.165) is 24.5 Å². The molecule has 1 aromatic rings. The van der Waals surface area contributed by atoms with Gasteiger partial charge in [0.25, 0.3) is 0 Å². The number of nitrogens with zero attached hydrogens (tertiary/aromatic N) is 2. The lowest BCUT2D eigenvalue weighted by Crippen LogP contribution is -2.48. The zero-order valence-corrected chi connectivity index (χ0v) is 11.6. The van der Waals surface area contributed by atoms with Gasteiger partial charge in [-0.3, -0.25) is 4.79 Å². The third kappa shape index (κ3) is 3.67. The van der Waals surface area contributed by atoms with Crippen molar-refractivity contribution in [2.45, 2.75) is 38.8 Å². The van der Waals surface area contributed by atoms with E-state index in [1.165, 1.54) is 12.8 Å². The molecule has 0 aliphatic carbocycles.